The highest BCUT2D eigenvalue weighted by molar-refractivity contribution is 7.99. The van der Waals surface area contributed by atoms with Gasteiger partial charge in [-0.05, 0) is 24.1 Å². The molecule has 0 aliphatic carbocycles. The maximum atomic E-state index is 10.4. The van der Waals surface area contributed by atoms with Gasteiger partial charge in [-0.25, -0.2) is 4.79 Å². The van der Waals surface area contributed by atoms with E-state index in [4.69, 9.17) is 5.11 Å². The van der Waals surface area contributed by atoms with Crippen LogP contribution in [0, 0.1) is 0 Å². The van der Waals surface area contributed by atoms with Gasteiger partial charge in [-0.1, -0.05) is 31.2 Å². The summed E-state index contributed by atoms with van der Waals surface area (Å²) >= 11 is 1.70. The van der Waals surface area contributed by atoms with Crippen LogP contribution in [0.1, 0.15) is 25.0 Å². The van der Waals surface area contributed by atoms with Gasteiger partial charge in [-0.15, -0.1) is 0 Å². The van der Waals surface area contributed by atoms with Crippen molar-refractivity contribution in [3.8, 4) is 0 Å². The first-order valence-corrected chi connectivity index (χ1v) is 6.83. The second kappa shape index (κ2) is 7.24. The van der Waals surface area contributed by atoms with E-state index in [0.717, 1.165) is 17.4 Å². The Labute approximate surface area is 112 Å². The fourth-order valence-electron chi connectivity index (χ4n) is 1.26. The number of aliphatic hydroxyl groups is 1. The molecule has 3 nitrogen and oxygen atoms in total. The quantitative estimate of drug-likeness (QED) is 0.777. The summed E-state index contributed by atoms with van der Waals surface area (Å²) in [4.78, 5) is 10.4. The van der Waals surface area contributed by atoms with Crippen LogP contribution in [0.2, 0.25) is 0 Å². The monoisotopic (exact) mass is 266 g/mol. The predicted molar refractivity (Wildman–Crippen MR) is 75.5 cm³/mol. The molecular formula is C14H18O3S. The first-order chi connectivity index (χ1) is 8.49. The molecule has 2 atom stereocenters. The minimum atomic E-state index is -0.944. The van der Waals surface area contributed by atoms with Crippen molar-refractivity contribution >= 4 is 23.8 Å². The highest BCUT2D eigenvalue weighted by Gasteiger charge is 2.08. The smallest absolute Gasteiger partial charge is 0.328 e. The van der Waals surface area contributed by atoms with Crippen molar-refractivity contribution in [3.05, 3.63) is 41.5 Å². The molecule has 0 fully saturated rings. The van der Waals surface area contributed by atoms with Crippen molar-refractivity contribution in [2.24, 2.45) is 0 Å². The summed E-state index contributed by atoms with van der Waals surface area (Å²) in [5.41, 5.74) is 2.04. The molecule has 0 saturated carbocycles. The van der Waals surface area contributed by atoms with Crippen LogP contribution in [0.4, 0.5) is 0 Å². The number of carbonyl (C=O) groups is 1. The zero-order valence-electron chi connectivity index (χ0n) is 10.5. The molecule has 0 aliphatic heterocycles. The number of aliphatic carboxylic acids is 1. The average molecular weight is 266 g/mol. The molecule has 98 valence electrons. The zero-order chi connectivity index (χ0) is 13.5. The van der Waals surface area contributed by atoms with Crippen molar-refractivity contribution < 1.29 is 15.0 Å². The van der Waals surface area contributed by atoms with Crippen LogP contribution in [-0.4, -0.2) is 27.5 Å². The summed E-state index contributed by atoms with van der Waals surface area (Å²) in [6, 6.07) is 7.73. The molecule has 0 aromatic heterocycles. The molecule has 1 aromatic carbocycles. The van der Waals surface area contributed by atoms with Crippen LogP contribution in [-0.2, 0) is 10.5 Å². The van der Waals surface area contributed by atoms with Crippen LogP contribution < -0.4 is 0 Å². The lowest BCUT2D eigenvalue weighted by Gasteiger charge is -2.13. The normalized spacial score (nSPS) is 14.6. The highest BCUT2D eigenvalue weighted by Crippen LogP contribution is 2.20. The van der Waals surface area contributed by atoms with E-state index in [-0.39, 0.29) is 11.4 Å². The summed E-state index contributed by atoms with van der Waals surface area (Å²) < 4.78 is 0. The summed E-state index contributed by atoms with van der Waals surface area (Å²) in [6.07, 6.45) is 2.38. The third kappa shape index (κ3) is 5.38. The largest absolute Gasteiger partial charge is 0.478 e. The Morgan fingerprint density at radius 3 is 2.44 bits per heavy atom. The van der Waals surface area contributed by atoms with Gasteiger partial charge >= 0.3 is 5.97 Å². The van der Waals surface area contributed by atoms with Crippen molar-refractivity contribution in [1.29, 1.82) is 0 Å². The summed E-state index contributed by atoms with van der Waals surface area (Å²) in [7, 11) is 0. The number of hydrogen-bond acceptors (Lipinski definition) is 3. The Kier molecular flexibility index (Phi) is 5.95. The molecule has 0 heterocycles. The van der Waals surface area contributed by atoms with Crippen LogP contribution in [0.25, 0.3) is 6.08 Å². The molecule has 4 heteroatoms. The zero-order valence-corrected chi connectivity index (χ0v) is 11.4. The summed E-state index contributed by atoms with van der Waals surface area (Å²) in [6.45, 7) is 3.79. The van der Waals surface area contributed by atoms with Crippen LogP contribution in [0.3, 0.4) is 0 Å². The van der Waals surface area contributed by atoms with E-state index >= 15 is 0 Å². The lowest BCUT2D eigenvalue weighted by atomic mass is 10.1. The number of rotatable bonds is 6. The Morgan fingerprint density at radius 1 is 1.33 bits per heavy atom. The molecular weight excluding hydrogens is 248 g/mol. The Morgan fingerprint density at radius 2 is 1.94 bits per heavy atom. The van der Waals surface area contributed by atoms with Crippen LogP contribution >= 0.6 is 11.8 Å². The predicted octanol–water partition coefficient (Wildman–Crippen LogP) is 2.79. The number of hydrogen-bond donors (Lipinski definition) is 2. The Bertz CT molecular complexity index is 410. The molecule has 18 heavy (non-hydrogen) atoms. The molecule has 1 rings (SSSR count). The van der Waals surface area contributed by atoms with E-state index in [0.29, 0.717) is 0 Å². The molecule has 1 aromatic rings. The van der Waals surface area contributed by atoms with E-state index in [1.807, 2.05) is 31.2 Å². The number of carboxylic acid groups (broad SMARTS) is 1. The first kappa shape index (κ1) is 14.8. The number of carboxylic acids is 1. The van der Waals surface area contributed by atoms with Crippen molar-refractivity contribution in [3.63, 3.8) is 0 Å². The molecule has 2 N–H and O–H groups in total. The van der Waals surface area contributed by atoms with Gasteiger partial charge in [0.15, 0.2) is 0 Å². The van der Waals surface area contributed by atoms with Gasteiger partial charge in [-0.2, -0.15) is 11.8 Å². The van der Waals surface area contributed by atoms with E-state index in [9.17, 15) is 9.90 Å². The summed E-state index contributed by atoms with van der Waals surface area (Å²) in [5.74, 6) is -0.102. The standard InChI is InChI=1S/C14H18O3S/c1-10(15)11(2)18-9-13-5-3-12(4-6-13)7-8-14(16)17/h3-8,10-11,15H,9H2,1-2H3,(H,16,17)/b8-7+. The second-order valence-electron chi connectivity index (χ2n) is 4.17. The topological polar surface area (TPSA) is 57.5 Å². The fraction of sp³-hybridized carbons (Fsp3) is 0.357. The molecule has 0 bridgehead atoms. The molecule has 0 amide bonds. The number of thioether (sulfide) groups is 1. The third-order valence-electron chi connectivity index (χ3n) is 2.59. The average Bonchev–Trinajstić information content (AvgIpc) is 2.34. The Balaban J connectivity index is 2.53. The van der Waals surface area contributed by atoms with Gasteiger partial charge in [0.25, 0.3) is 0 Å². The van der Waals surface area contributed by atoms with Gasteiger partial charge in [-0.3, -0.25) is 0 Å². The third-order valence-corrected chi connectivity index (χ3v) is 4.01. The minimum Gasteiger partial charge on any atom is -0.478 e. The van der Waals surface area contributed by atoms with E-state index in [1.54, 1.807) is 24.8 Å². The molecule has 0 radical (unpaired) electrons. The molecule has 0 saturated heterocycles. The van der Waals surface area contributed by atoms with Gasteiger partial charge in [0, 0.05) is 17.1 Å². The lowest BCUT2D eigenvalue weighted by Crippen LogP contribution is -2.15. The van der Waals surface area contributed by atoms with Crippen LogP contribution in [0.15, 0.2) is 30.3 Å². The Hall–Kier alpha value is -1.26. The number of benzene rings is 1. The number of aliphatic hydroxyl groups excluding tert-OH is 1. The van der Waals surface area contributed by atoms with Gasteiger partial charge in [0.05, 0.1) is 6.10 Å². The van der Waals surface area contributed by atoms with Crippen molar-refractivity contribution in [2.45, 2.75) is 31.0 Å². The lowest BCUT2D eigenvalue weighted by molar-refractivity contribution is -0.131. The van der Waals surface area contributed by atoms with E-state index in [1.165, 1.54) is 5.56 Å². The van der Waals surface area contributed by atoms with E-state index < -0.39 is 5.97 Å². The molecule has 0 spiro atoms. The van der Waals surface area contributed by atoms with Gasteiger partial charge in [0.1, 0.15) is 0 Å². The van der Waals surface area contributed by atoms with Gasteiger partial charge in [0.2, 0.25) is 0 Å². The maximum absolute atomic E-state index is 10.4. The van der Waals surface area contributed by atoms with Crippen molar-refractivity contribution in [2.75, 3.05) is 0 Å². The SMILES string of the molecule is CC(O)C(C)SCc1ccc(/C=C/C(=O)O)cc1. The first-order valence-electron chi connectivity index (χ1n) is 5.78. The molecule has 0 aliphatic rings. The fourth-order valence-corrected chi connectivity index (χ4v) is 2.19. The van der Waals surface area contributed by atoms with E-state index in [2.05, 4.69) is 0 Å². The van der Waals surface area contributed by atoms with Crippen molar-refractivity contribution in [1.82, 2.24) is 0 Å². The molecule has 2 unspecified atom stereocenters. The highest BCUT2D eigenvalue weighted by atomic mass is 32.2. The summed E-state index contributed by atoms with van der Waals surface area (Å²) in [5, 5.41) is 18.1. The maximum Gasteiger partial charge on any atom is 0.328 e. The van der Waals surface area contributed by atoms with Crippen LogP contribution in [0.5, 0.6) is 0 Å². The minimum absolute atomic E-state index is 0.205. The second-order valence-corrected chi connectivity index (χ2v) is 5.54. The van der Waals surface area contributed by atoms with Gasteiger partial charge < -0.3 is 10.2 Å².